The van der Waals surface area contributed by atoms with E-state index in [2.05, 4.69) is 37.5 Å². The van der Waals surface area contributed by atoms with Crippen LogP contribution >= 0.6 is 0 Å². The van der Waals surface area contributed by atoms with Crippen LogP contribution in [0.15, 0.2) is 12.4 Å². The summed E-state index contributed by atoms with van der Waals surface area (Å²) in [5.74, 6) is 2.47. The quantitative estimate of drug-likeness (QED) is 0.873. The van der Waals surface area contributed by atoms with Crippen LogP contribution < -0.4 is 5.32 Å². The van der Waals surface area contributed by atoms with Crippen LogP contribution in [-0.4, -0.2) is 16.8 Å². The minimum Gasteiger partial charge on any atom is -0.313 e. The number of rotatable bonds is 3. The van der Waals surface area contributed by atoms with Crippen LogP contribution in [0.3, 0.4) is 0 Å². The fourth-order valence-corrected chi connectivity index (χ4v) is 3.56. The molecular weight excluding hydrogens is 210 g/mol. The van der Waals surface area contributed by atoms with Gasteiger partial charge in [0.25, 0.3) is 0 Å². The summed E-state index contributed by atoms with van der Waals surface area (Å²) in [5, 5.41) is 7.78. The van der Waals surface area contributed by atoms with Gasteiger partial charge in [-0.1, -0.05) is 13.8 Å². The van der Waals surface area contributed by atoms with E-state index in [-0.39, 0.29) is 0 Å². The van der Waals surface area contributed by atoms with Crippen molar-refractivity contribution in [3.05, 3.63) is 18.0 Å². The van der Waals surface area contributed by atoms with E-state index in [1.807, 2.05) is 17.9 Å². The maximum atomic E-state index is 4.30. The molecule has 3 nitrogen and oxygen atoms in total. The molecule has 3 unspecified atom stereocenters. The normalized spacial score (nSPS) is 31.4. The van der Waals surface area contributed by atoms with E-state index in [1.165, 1.54) is 24.8 Å². The van der Waals surface area contributed by atoms with Gasteiger partial charge in [0.15, 0.2) is 0 Å². The Morgan fingerprint density at radius 1 is 1.29 bits per heavy atom. The summed E-state index contributed by atoms with van der Waals surface area (Å²) >= 11 is 0. The predicted octanol–water partition coefficient (Wildman–Crippen LogP) is 2.75. The zero-order chi connectivity index (χ0) is 12.4. The van der Waals surface area contributed by atoms with Crippen molar-refractivity contribution in [2.75, 3.05) is 7.05 Å². The molecule has 1 aromatic rings. The number of hydrogen-bond donors (Lipinski definition) is 1. The molecular formula is C14H25N3. The van der Waals surface area contributed by atoms with Crippen molar-refractivity contribution in [2.45, 2.75) is 39.2 Å². The SMILES string of the molecule is CNC(c1cnn(C)c1)C1CC(C)CC(C)C1. The monoisotopic (exact) mass is 235 g/mol. The molecule has 0 radical (unpaired) electrons. The first-order chi connectivity index (χ1) is 8.10. The summed E-state index contributed by atoms with van der Waals surface area (Å²) in [4.78, 5) is 0. The van der Waals surface area contributed by atoms with Crippen molar-refractivity contribution < 1.29 is 0 Å². The number of nitrogens with one attached hydrogen (secondary N) is 1. The van der Waals surface area contributed by atoms with E-state index >= 15 is 0 Å². The van der Waals surface area contributed by atoms with Gasteiger partial charge >= 0.3 is 0 Å². The largest absolute Gasteiger partial charge is 0.313 e. The van der Waals surface area contributed by atoms with E-state index in [0.717, 1.165) is 17.8 Å². The van der Waals surface area contributed by atoms with E-state index in [1.54, 1.807) is 0 Å². The molecule has 1 aliphatic carbocycles. The number of nitrogens with zero attached hydrogens (tertiary/aromatic N) is 2. The Hall–Kier alpha value is -0.830. The van der Waals surface area contributed by atoms with Gasteiger partial charge in [0.1, 0.15) is 0 Å². The van der Waals surface area contributed by atoms with E-state index in [0.29, 0.717) is 6.04 Å². The van der Waals surface area contributed by atoms with Gasteiger partial charge in [-0.25, -0.2) is 0 Å². The number of hydrogen-bond acceptors (Lipinski definition) is 2. The average molecular weight is 235 g/mol. The van der Waals surface area contributed by atoms with Crippen molar-refractivity contribution in [3.63, 3.8) is 0 Å². The minimum absolute atomic E-state index is 0.467. The first-order valence-electron chi connectivity index (χ1n) is 6.76. The fraction of sp³-hybridized carbons (Fsp3) is 0.786. The molecule has 3 heteroatoms. The van der Waals surface area contributed by atoms with Crippen LogP contribution in [0.1, 0.15) is 44.7 Å². The van der Waals surface area contributed by atoms with Crippen LogP contribution in [0, 0.1) is 17.8 Å². The highest BCUT2D eigenvalue weighted by Crippen LogP contribution is 2.39. The van der Waals surface area contributed by atoms with Gasteiger partial charge in [0, 0.05) is 24.8 Å². The lowest BCUT2D eigenvalue weighted by Crippen LogP contribution is -2.31. The molecule has 0 aromatic carbocycles. The van der Waals surface area contributed by atoms with Crippen molar-refractivity contribution in [1.82, 2.24) is 15.1 Å². The zero-order valence-corrected chi connectivity index (χ0v) is 11.5. The molecule has 0 amide bonds. The van der Waals surface area contributed by atoms with Crippen LogP contribution in [0.25, 0.3) is 0 Å². The first kappa shape index (κ1) is 12.6. The Morgan fingerprint density at radius 2 is 1.94 bits per heavy atom. The van der Waals surface area contributed by atoms with E-state index in [4.69, 9.17) is 0 Å². The van der Waals surface area contributed by atoms with Crippen molar-refractivity contribution in [2.24, 2.45) is 24.8 Å². The standard InChI is InChI=1S/C14H25N3/c1-10-5-11(2)7-12(6-10)14(15-3)13-8-16-17(4)9-13/h8-12,14-15H,5-7H2,1-4H3. The Balaban J connectivity index is 2.12. The highest BCUT2D eigenvalue weighted by atomic mass is 15.2. The van der Waals surface area contributed by atoms with Gasteiger partial charge in [-0.2, -0.15) is 5.10 Å². The molecule has 0 aliphatic heterocycles. The Kier molecular flexibility index (Phi) is 3.87. The van der Waals surface area contributed by atoms with E-state index < -0.39 is 0 Å². The fourth-order valence-electron chi connectivity index (χ4n) is 3.56. The molecule has 1 fully saturated rings. The molecule has 1 saturated carbocycles. The lowest BCUT2D eigenvalue weighted by molar-refractivity contribution is 0.180. The molecule has 1 N–H and O–H groups in total. The van der Waals surface area contributed by atoms with Crippen LogP contribution in [0.5, 0.6) is 0 Å². The second-order valence-corrected chi connectivity index (χ2v) is 5.89. The van der Waals surface area contributed by atoms with Gasteiger partial charge in [0.05, 0.1) is 6.20 Å². The second-order valence-electron chi connectivity index (χ2n) is 5.89. The average Bonchev–Trinajstić information content (AvgIpc) is 2.64. The Morgan fingerprint density at radius 3 is 2.41 bits per heavy atom. The smallest absolute Gasteiger partial charge is 0.0537 e. The number of aromatic nitrogens is 2. The first-order valence-corrected chi connectivity index (χ1v) is 6.76. The van der Waals surface area contributed by atoms with Gasteiger partial charge in [-0.3, -0.25) is 4.68 Å². The minimum atomic E-state index is 0.467. The molecule has 0 spiro atoms. The highest BCUT2D eigenvalue weighted by Gasteiger charge is 2.30. The summed E-state index contributed by atoms with van der Waals surface area (Å²) in [6, 6.07) is 0.467. The molecule has 1 aromatic heterocycles. The molecule has 96 valence electrons. The lowest BCUT2D eigenvalue weighted by atomic mass is 9.73. The molecule has 1 heterocycles. The molecule has 2 rings (SSSR count). The van der Waals surface area contributed by atoms with Crippen molar-refractivity contribution in [3.8, 4) is 0 Å². The lowest BCUT2D eigenvalue weighted by Gasteiger charge is -2.36. The maximum Gasteiger partial charge on any atom is 0.0537 e. The van der Waals surface area contributed by atoms with Crippen molar-refractivity contribution in [1.29, 1.82) is 0 Å². The third-order valence-electron chi connectivity index (χ3n) is 4.08. The third-order valence-corrected chi connectivity index (χ3v) is 4.08. The van der Waals surface area contributed by atoms with Gasteiger partial charge < -0.3 is 5.32 Å². The summed E-state index contributed by atoms with van der Waals surface area (Å²) in [5.41, 5.74) is 1.33. The zero-order valence-electron chi connectivity index (χ0n) is 11.5. The predicted molar refractivity (Wildman–Crippen MR) is 70.7 cm³/mol. The molecule has 17 heavy (non-hydrogen) atoms. The molecule has 3 atom stereocenters. The second kappa shape index (κ2) is 5.21. The van der Waals surface area contributed by atoms with Gasteiger partial charge in [-0.15, -0.1) is 0 Å². The van der Waals surface area contributed by atoms with Crippen molar-refractivity contribution >= 4 is 0 Å². The summed E-state index contributed by atoms with van der Waals surface area (Å²) in [6.07, 6.45) is 8.21. The third kappa shape index (κ3) is 2.89. The molecule has 0 bridgehead atoms. The topological polar surface area (TPSA) is 29.9 Å². The molecule has 1 aliphatic rings. The van der Waals surface area contributed by atoms with Crippen LogP contribution in [0.2, 0.25) is 0 Å². The number of aryl methyl sites for hydroxylation is 1. The van der Waals surface area contributed by atoms with Gasteiger partial charge in [0.2, 0.25) is 0 Å². The molecule has 0 saturated heterocycles. The maximum absolute atomic E-state index is 4.30. The van der Waals surface area contributed by atoms with Gasteiger partial charge in [-0.05, 0) is 44.1 Å². The highest BCUT2D eigenvalue weighted by molar-refractivity contribution is 5.12. The Bertz CT molecular complexity index is 348. The summed E-state index contributed by atoms with van der Waals surface area (Å²) in [7, 11) is 4.06. The summed E-state index contributed by atoms with van der Waals surface area (Å²) < 4.78 is 1.90. The Labute approximate surface area is 105 Å². The van der Waals surface area contributed by atoms with E-state index in [9.17, 15) is 0 Å². The van der Waals surface area contributed by atoms with Crippen LogP contribution in [0.4, 0.5) is 0 Å². The van der Waals surface area contributed by atoms with Crippen LogP contribution in [-0.2, 0) is 7.05 Å². The summed E-state index contributed by atoms with van der Waals surface area (Å²) in [6.45, 7) is 4.78.